The van der Waals surface area contributed by atoms with Gasteiger partial charge in [-0.05, 0) is 44.3 Å². The van der Waals surface area contributed by atoms with Crippen molar-refractivity contribution >= 4 is 21.6 Å². The van der Waals surface area contributed by atoms with Gasteiger partial charge < -0.3 is 9.73 Å². The van der Waals surface area contributed by atoms with E-state index in [2.05, 4.69) is 5.32 Å². The predicted molar refractivity (Wildman–Crippen MR) is 95.6 cm³/mol. The highest BCUT2D eigenvalue weighted by atomic mass is 32.2. The smallest absolute Gasteiger partial charge is 0.242 e. The quantitative estimate of drug-likeness (QED) is 0.811. The summed E-state index contributed by atoms with van der Waals surface area (Å²) in [5.74, 6) is 0.537. The van der Waals surface area contributed by atoms with Gasteiger partial charge in [0.2, 0.25) is 15.9 Å². The van der Waals surface area contributed by atoms with E-state index in [0.29, 0.717) is 12.2 Å². The van der Waals surface area contributed by atoms with Crippen LogP contribution in [0.2, 0.25) is 0 Å². The molecule has 1 amide bonds. The lowest BCUT2D eigenvalue weighted by Gasteiger charge is -2.23. The number of nitrogens with zero attached hydrogens (tertiary/aromatic N) is 2. The zero-order valence-electron chi connectivity index (χ0n) is 14.8. The average molecular weight is 365 g/mol. The number of sulfonamides is 1. The Balaban J connectivity index is 2.07. The largest absolute Gasteiger partial charge is 0.468 e. The summed E-state index contributed by atoms with van der Waals surface area (Å²) in [7, 11) is 1.20. The number of carbonyl (C=O) groups excluding carboxylic acids is 1. The number of benzene rings is 1. The van der Waals surface area contributed by atoms with Gasteiger partial charge in [-0.3, -0.25) is 9.69 Å². The minimum absolute atomic E-state index is 0.131. The molecular formula is C17H23N3O4S. The van der Waals surface area contributed by atoms with Gasteiger partial charge in [0.25, 0.3) is 0 Å². The van der Waals surface area contributed by atoms with E-state index in [0.717, 1.165) is 10.1 Å². The second kappa shape index (κ2) is 7.81. The molecule has 0 saturated heterocycles. The maximum absolute atomic E-state index is 12.4. The molecule has 1 N–H and O–H groups in total. The second-order valence-electron chi connectivity index (χ2n) is 5.97. The van der Waals surface area contributed by atoms with Crippen LogP contribution in [0.4, 0.5) is 5.69 Å². The van der Waals surface area contributed by atoms with Crippen molar-refractivity contribution in [2.75, 3.05) is 26.5 Å². The standard InChI is InChI=1S/C17H23N3O4S/c1-13(20(4)12-15-8-6-10-24-15)17(21)18-14-7-5-9-16(11-14)25(22,23)19(2)3/h5-11,13H,12H2,1-4H3,(H,18,21)/t13-/m1/s1. The van der Waals surface area contributed by atoms with Gasteiger partial charge in [0.15, 0.2) is 0 Å². The molecule has 0 unspecified atom stereocenters. The lowest BCUT2D eigenvalue weighted by atomic mass is 10.2. The van der Waals surface area contributed by atoms with Gasteiger partial charge in [0, 0.05) is 19.8 Å². The minimum Gasteiger partial charge on any atom is -0.468 e. The summed E-state index contributed by atoms with van der Waals surface area (Å²) in [6, 6.07) is 9.43. The molecule has 0 aliphatic carbocycles. The van der Waals surface area contributed by atoms with E-state index >= 15 is 0 Å². The molecule has 1 aromatic heterocycles. The normalized spacial score (nSPS) is 13.2. The Morgan fingerprint density at radius 1 is 1.20 bits per heavy atom. The Bertz CT molecular complexity index is 816. The first-order chi connectivity index (χ1) is 11.7. The number of nitrogens with one attached hydrogen (secondary N) is 1. The summed E-state index contributed by atoms with van der Waals surface area (Å²) in [5.41, 5.74) is 0.436. The van der Waals surface area contributed by atoms with Crippen molar-refractivity contribution in [3.05, 3.63) is 48.4 Å². The number of hydrogen-bond acceptors (Lipinski definition) is 5. The van der Waals surface area contributed by atoms with Gasteiger partial charge in [-0.25, -0.2) is 12.7 Å². The van der Waals surface area contributed by atoms with Crippen molar-refractivity contribution in [3.8, 4) is 0 Å². The molecule has 0 fully saturated rings. The minimum atomic E-state index is -3.55. The molecule has 1 aromatic carbocycles. The van der Waals surface area contributed by atoms with Crippen LogP contribution in [0.5, 0.6) is 0 Å². The van der Waals surface area contributed by atoms with Crippen molar-refractivity contribution in [3.63, 3.8) is 0 Å². The Morgan fingerprint density at radius 2 is 1.92 bits per heavy atom. The molecule has 0 bridgehead atoms. The predicted octanol–water partition coefficient (Wildman–Crippen LogP) is 1.99. The second-order valence-corrected chi connectivity index (χ2v) is 8.13. The number of anilines is 1. The fraction of sp³-hybridized carbons (Fsp3) is 0.353. The van der Waals surface area contributed by atoms with E-state index in [9.17, 15) is 13.2 Å². The maximum Gasteiger partial charge on any atom is 0.242 e. The first kappa shape index (κ1) is 19.2. The first-order valence-electron chi connectivity index (χ1n) is 7.78. The van der Waals surface area contributed by atoms with Gasteiger partial charge in [-0.15, -0.1) is 0 Å². The summed E-state index contributed by atoms with van der Waals surface area (Å²) in [6.45, 7) is 2.27. The maximum atomic E-state index is 12.4. The topological polar surface area (TPSA) is 82.9 Å². The monoisotopic (exact) mass is 365 g/mol. The first-order valence-corrected chi connectivity index (χ1v) is 9.22. The highest BCUT2D eigenvalue weighted by molar-refractivity contribution is 7.89. The molecule has 0 saturated carbocycles. The molecule has 1 heterocycles. The summed E-state index contributed by atoms with van der Waals surface area (Å²) in [5, 5.41) is 2.76. The zero-order chi connectivity index (χ0) is 18.6. The van der Waals surface area contributed by atoms with Crippen molar-refractivity contribution < 1.29 is 17.6 Å². The van der Waals surface area contributed by atoms with Gasteiger partial charge in [-0.2, -0.15) is 0 Å². The SMILES string of the molecule is C[C@H](C(=O)Nc1cccc(S(=O)(=O)N(C)C)c1)N(C)Cc1ccco1. The molecule has 0 spiro atoms. The van der Waals surface area contributed by atoms with Crippen LogP contribution in [-0.4, -0.2) is 50.7 Å². The summed E-state index contributed by atoms with van der Waals surface area (Å²) in [6.07, 6.45) is 1.59. The molecule has 136 valence electrons. The number of amides is 1. The van der Waals surface area contributed by atoms with Crippen LogP contribution in [0.1, 0.15) is 12.7 Å². The Morgan fingerprint density at radius 3 is 2.52 bits per heavy atom. The summed E-state index contributed by atoms with van der Waals surface area (Å²) >= 11 is 0. The van der Waals surface area contributed by atoms with Crippen LogP contribution < -0.4 is 5.32 Å². The Kier molecular flexibility index (Phi) is 5.99. The Hall–Kier alpha value is -2.16. The molecule has 0 aliphatic heterocycles. The van der Waals surface area contributed by atoms with Crippen LogP contribution in [0, 0.1) is 0 Å². The lowest BCUT2D eigenvalue weighted by Crippen LogP contribution is -2.39. The van der Waals surface area contributed by atoms with E-state index in [-0.39, 0.29) is 10.8 Å². The van der Waals surface area contributed by atoms with E-state index in [1.165, 1.54) is 26.2 Å². The van der Waals surface area contributed by atoms with Gasteiger partial charge in [0.05, 0.1) is 23.7 Å². The summed E-state index contributed by atoms with van der Waals surface area (Å²) in [4.78, 5) is 14.4. The third-order valence-corrected chi connectivity index (χ3v) is 5.72. The molecule has 2 aromatic rings. The molecule has 0 aliphatic rings. The van der Waals surface area contributed by atoms with Crippen molar-refractivity contribution in [1.82, 2.24) is 9.21 Å². The zero-order valence-corrected chi connectivity index (χ0v) is 15.6. The number of furan rings is 1. The lowest BCUT2D eigenvalue weighted by molar-refractivity contribution is -0.120. The van der Waals surface area contributed by atoms with Crippen LogP contribution in [-0.2, 0) is 21.4 Å². The third kappa shape index (κ3) is 4.68. The molecule has 25 heavy (non-hydrogen) atoms. The highest BCUT2D eigenvalue weighted by Crippen LogP contribution is 2.18. The van der Waals surface area contributed by atoms with E-state index in [1.54, 1.807) is 31.4 Å². The molecule has 8 heteroatoms. The van der Waals surface area contributed by atoms with Crippen molar-refractivity contribution in [2.45, 2.75) is 24.4 Å². The fourth-order valence-corrected chi connectivity index (χ4v) is 3.13. The number of rotatable bonds is 7. The Labute approximate surface area is 148 Å². The third-order valence-electron chi connectivity index (χ3n) is 3.91. The highest BCUT2D eigenvalue weighted by Gasteiger charge is 2.21. The van der Waals surface area contributed by atoms with Crippen LogP contribution in [0.3, 0.4) is 0 Å². The van der Waals surface area contributed by atoms with E-state index in [4.69, 9.17) is 4.42 Å². The fourth-order valence-electron chi connectivity index (χ4n) is 2.18. The van der Waals surface area contributed by atoms with Crippen LogP contribution >= 0.6 is 0 Å². The molecule has 1 atom stereocenters. The van der Waals surface area contributed by atoms with Crippen molar-refractivity contribution in [2.24, 2.45) is 0 Å². The molecule has 7 nitrogen and oxygen atoms in total. The van der Waals surface area contributed by atoms with Crippen molar-refractivity contribution in [1.29, 1.82) is 0 Å². The van der Waals surface area contributed by atoms with Gasteiger partial charge >= 0.3 is 0 Å². The number of hydrogen-bond donors (Lipinski definition) is 1. The average Bonchev–Trinajstić information content (AvgIpc) is 3.07. The number of carbonyl (C=O) groups is 1. The van der Waals surface area contributed by atoms with E-state index in [1.807, 2.05) is 18.0 Å². The molecule has 0 radical (unpaired) electrons. The van der Waals surface area contributed by atoms with Crippen LogP contribution in [0.15, 0.2) is 52.0 Å². The van der Waals surface area contributed by atoms with Gasteiger partial charge in [0.1, 0.15) is 5.76 Å². The van der Waals surface area contributed by atoms with E-state index < -0.39 is 16.1 Å². The number of likely N-dealkylation sites (N-methyl/N-ethyl adjacent to an activating group) is 1. The van der Waals surface area contributed by atoms with Gasteiger partial charge in [-0.1, -0.05) is 6.07 Å². The van der Waals surface area contributed by atoms with Crippen LogP contribution in [0.25, 0.3) is 0 Å². The molecular weight excluding hydrogens is 342 g/mol. The summed E-state index contributed by atoms with van der Waals surface area (Å²) < 4.78 is 30.8. The molecule has 2 rings (SSSR count).